The molecule has 0 saturated carbocycles. The molecule has 2 aromatic carbocycles. The number of rotatable bonds is 8. The van der Waals surface area contributed by atoms with Gasteiger partial charge in [-0.15, -0.1) is 0 Å². The minimum atomic E-state index is -0.233. The number of hydrogen-bond acceptors (Lipinski definition) is 4. The first kappa shape index (κ1) is 18.6. The molecule has 0 bridgehead atoms. The molecule has 0 aromatic heterocycles. The number of methoxy groups -OCH3 is 2. The van der Waals surface area contributed by atoms with Crippen LogP contribution in [0.1, 0.15) is 31.0 Å². The fourth-order valence-electron chi connectivity index (χ4n) is 2.54. The highest BCUT2D eigenvalue weighted by molar-refractivity contribution is 5.78. The van der Waals surface area contributed by atoms with Gasteiger partial charge in [0.25, 0.3) is 5.91 Å². The highest BCUT2D eigenvalue weighted by Crippen LogP contribution is 2.29. The lowest BCUT2D eigenvalue weighted by Gasteiger charge is -2.18. The summed E-state index contributed by atoms with van der Waals surface area (Å²) in [4.78, 5) is 12.2. The molecule has 25 heavy (non-hydrogen) atoms. The molecule has 5 heteroatoms. The van der Waals surface area contributed by atoms with Crippen LogP contribution in [0.4, 0.5) is 0 Å². The molecule has 0 saturated heterocycles. The van der Waals surface area contributed by atoms with E-state index < -0.39 is 0 Å². The van der Waals surface area contributed by atoms with Gasteiger partial charge in [0.05, 0.1) is 20.3 Å². The van der Waals surface area contributed by atoms with E-state index in [0.29, 0.717) is 17.2 Å². The Balaban J connectivity index is 1.97. The van der Waals surface area contributed by atoms with Crippen molar-refractivity contribution >= 4 is 5.91 Å². The second kappa shape index (κ2) is 8.97. The summed E-state index contributed by atoms with van der Waals surface area (Å²) in [5.74, 6) is 1.91. The van der Waals surface area contributed by atoms with Gasteiger partial charge in [-0.1, -0.05) is 19.1 Å². The number of nitrogens with one attached hydrogen (secondary N) is 1. The minimum absolute atomic E-state index is 0.0379. The molecule has 0 aliphatic rings. The molecular formula is C20H25NO4. The van der Waals surface area contributed by atoms with E-state index in [1.165, 1.54) is 5.56 Å². The molecule has 1 atom stereocenters. The lowest BCUT2D eigenvalue weighted by atomic mass is 10.1. The largest absolute Gasteiger partial charge is 0.497 e. The first-order chi connectivity index (χ1) is 12.1. The van der Waals surface area contributed by atoms with Gasteiger partial charge in [-0.2, -0.15) is 0 Å². The molecule has 0 fully saturated rings. The van der Waals surface area contributed by atoms with Crippen LogP contribution in [-0.2, 0) is 11.2 Å². The summed E-state index contributed by atoms with van der Waals surface area (Å²) in [6.07, 6.45) is 0.927. The van der Waals surface area contributed by atoms with Crippen molar-refractivity contribution in [2.24, 2.45) is 0 Å². The van der Waals surface area contributed by atoms with Crippen LogP contribution in [0.15, 0.2) is 42.5 Å². The van der Waals surface area contributed by atoms with E-state index in [1.807, 2.05) is 49.4 Å². The van der Waals surface area contributed by atoms with E-state index in [9.17, 15) is 4.79 Å². The number of benzene rings is 2. The molecule has 0 unspecified atom stereocenters. The Bertz CT molecular complexity index is 715. The Labute approximate surface area is 148 Å². The molecule has 2 rings (SSSR count). The van der Waals surface area contributed by atoms with Gasteiger partial charge >= 0.3 is 0 Å². The van der Waals surface area contributed by atoms with Crippen molar-refractivity contribution in [2.75, 3.05) is 20.8 Å². The van der Waals surface area contributed by atoms with E-state index in [4.69, 9.17) is 14.2 Å². The number of carbonyl (C=O) groups is 1. The third-order valence-corrected chi connectivity index (χ3v) is 3.96. The van der Waals surface area contributed by atoms with Crippen LogP contribution in [0.5, 0.6) is 17.2 Å². The summed E-state index contributed by atoms with van der Waals surface area (Å²) in [6, 6.07) is 13.0. The molecule has 1 amide bonds. The molecule has 0 aliphatic carbocycles. The van der Waals surface area contributed by atoms with E-state index in [-0.39, 0.29) is 18.6 Å². The summed E-state index contributed by atoms with van der Waals surface area (Å²) >= 11 is 0. The SMILES string of the molecule is CCc1cccc(OCC(=O)N[C@@H](C)c2cc(OC)ccc2OC)c1. The Morgan fingerprint density at radius 2 is 1.88 bits per heavy atom. The van der Waals surface area contributed by atoms with Crippen molar-refractivity contribution < 1.29 is 19.0 Å². The zero-order valence-electron chi connectivity index (χ0n) is 15.2. The summed E-state index contributed by atoms with van der Waals surface area (Å²) < 4.78 is 16.2. The second-order valence-electron chi connectivity index (χ2n) is 5.69. The summed E-state index contributed by atoms with van der Waals surface area (Å²) in [6.45, 7) is 3.94. The van der Waals surface area contributed by atoms with Crippen LogP contribution in [0, 0.1) is 0 Å². The van der Waals surface area contributed by atoms with Gasteiger partial charge in [0.15, 0.2) is 6.61 Å². The van der Waals surface area contributed by atoms with E-state index in [1.54, 1.807) is 14.2 Å². The van der Waals surface area contributed by atoms with Crippen LogP contribution in [0.25, 0.3) is 0 Å². The van der Waals surface area contributed by atoms with Crippen molar-refractivity contribution in [3.63, 3.8) is 0 Å². The molecule has 5 nitrogen and oxygen atoms in total. The lowest BCUT2D eigenvalue weighted by Crippen LogP contribution is -2.31. The zero-order chi connectivity index (χ0) is 18.2. The average molecular weight is 343 g/mol. The Hall–Kier alpha value is -2.69. The van der Waals surface area contributed by atoms with Gasteiger partial charge in [0.2, 0.25) is 0 Å². The summed E-state index contributed by atoms with van der Waals surface area (Å²) in [5.41, 5.74) is 2.02. The van der Waals surface area contributed by atoms with E-state index in [2.05, 4.69) is 12.2 Å². The first-order valence-electron chi connectivity index (χ1n) is 8.30. The van der Waals surface area contributed by atoms with Gasteiger partial charge in [-0.25, -0.2) is 0 Å². The van der Waals surface area contributed by atoms with Crippen LogP contribution in [-0.4, -0.2) is 26.7 Å². The number of carbonyl (C=O) groups excluding carboxylic acids is 1. The summed E-state index contributed by atoms with van der Waals surface area (Å²) in [7, 11) is 3.21. The van der Waals surface area contributed by atoms with Crippen LogP contribution in [0.2, 0.25) is 0 Å². The highest BCUT2D eigenvalue weighted by Gasteiger charge is 2.15. The second-order valence-corrected chi connectivity index (χ2v) is 5.69. The van der Waals surface area contributed by atoms with Crippen molar-refractivity contribution in [1.82, 2.24) is 5.32 Å². The van der Waals surface area contributed by atoms with Gasteiger partial charge in [-0.05, 0) is 49.2 Å². The third kappa shape index (κ3) is 5.14. The van der Waals surface area contributed by atoms with Crippen molar-refractivity contribution in [3.05, 3.63) is 53.6 Å². The molecule has 2 aromatic rings. The van der Waals surface area contributed by atoms with E-state index in [0.717, 1.165) is 12.0 Å². The van der Waals surface area contributed by atoms with Crippen molar-refractivity contribution in [2.45, 2.75) is 26.3 Å². The number of amides is 1. The molecule has 0 aliphatic heterocycles. The monoisotopic (exact) mass is 343 g/mol. The van der Waals surface area contributed by atoms with Gasteiger partial charge < -0.3 is 19.5 Å². The minimum Gasteiger partial charge on any atom is -0.497 e. The third-order valence-electron chi connectivity index (χ3n) is 3.96. The normalized spacial score (nSPS) is 11.5. The topological polar surface area (TPSA) is 56.8 Å². The fourth-order valence-corrected chi connectivity index (χ4v) is 2.54. The first-order valence-corrected chi connectivity index (χ1v) is 8.30. The van der Waals surface area contributed by atoms with Crippen LogP contribution < -0.4 is 19.5 Å². The molecule has 134 valence electrons. The maximum Gasteiger partial charge on any atom is 0.258 e. The molecule has 0 heterocycles. The van der Waals surface area contributed by atoms with Gasteiger partial charge in [0, 0.05) is 5.56 Å². The van der Waals surface area contributed by atoms with Gasteiger partial charge in [0.1, 0.15) is 17.2 Å². The smallest absolute Gasteiger partial charge is 0.258 e. The van der Waals surface area contributed by atoms with Gasteiger partial charge in [-0.3, -0.25) is 4.79 Å². The van der Waals surface area contributed by atoms with Crippen molar-refractivity contribution in [3.8, 4) is 17.2 Å². The zero-order valence-corrected chi connectivity index (χ0v) is 15.2. The number of hydrogen-bond donors (Lipinski definition) is 1. The number of aryl methyl sites for hydroxylation is 1. The quantitative estimate of drug-likeness (QED) is 0.797. The molecular weight excluding hydrogens is 318 g/mol. The molecule has 0 radical (unpaired) electrons. The Morgan fingerprint density at radius 3 is 2.56 bits per heavy atom. The van der Waals surface area contributed by atoms with Crippen LogP contribution >= 0.6 is 0 Å². The van der Waals surface area contributed by atoms with Crippen molar-refractivity contribution in [1.29, 1.82) is 0 Å². The predicted octanol–water partition coefficient (Wildman–Crippen LogP) is 3.52. The standard InChI is InChI=1S/C20H25NO4/c1-5-15-7-6-8-17(11-15)25-13-20(22)21-14(2)18-12-16(23-3)9-10-19(18)24-4/h6-12,14H,5,13H2,1-4H3,(H,21,22)/t14-/m0/s1. The lowest BCUT2D eigenvalue weighted by molar-refractivity contribution is -0.123. The average Bonchev–Trinajstić information content (AvgIpc) is 2.65. The molecule has 1 N–H and O–H groups in total. The van der Waals surface area contributed by atoms with E-state index >= 15 is 0 Å². The Morgan fingerprint density at radius 1 is 1.08 bits per heavy atom. The fraction of sp³-hybridized carbons (Fsp3) is 0.350. The Kier molecular flexibility index (Phi) is 6.69. The maximum atomic E-state index is 12.2. The molecule has 0 spiro atoms. The maximum absolute atomic E-state index is 12.2. The summed E-state index contributed by atoms with van der Waals surface area (Å²) in [5, 5.41) is 2.92. The highest BCUT2D eigenvalue weighted by atomic mass is 16.5. The van der Waals surface area contributed by atoms with Crippen LogP contribution in [0.3, 0.4) is 0 Å². The predicted molar refractivity (Wildman–Crippen MR) is 97.4 cm³/mol. The number of ether oxygens (including phenoxy) is 3.